The van der Waals surface area contributed by atoms with Crippen LogP contribution in [0.15, 0.2) is 12.2 Å². The Morgan fingerprint density at radius 3 is 2.56 bits per heavy atom. The minimum absolute atomic E-state index is 0.284. The monoisotopic (exact) mass is 229 g/mol. The highest BCUT2D eigenvalue weighted by Gasteiger charge is 2.06. The molecule has 5 heteroatoms. The number of ether oxygens (including phenoxy) is 1. The first kappa shape index (κ1) is 14.6. The van der Waals surface area contributed by atoms with Crippen LogP contribution in [0.3, 0.4) is 0 Å². The highest BCUT2D eigenvalue weighted by atomic mass is 16.5. The SMILES string of the molecule is CCOC(=O)/C=C/C(=O)N(C)CCC(C)O. The lowest BCUT2D eigenvalue weighted by molar-refractivity contribution is -0.137. The van der Waals surface area contributed by atoms with Crippen LogP contribution < -0.4 is 0 Å². The van der Waals surface area contributed by atoms with Crippen LogP contribution in [-0.2, 0) is 14.3 Å². The van der Waals surface area contributed by atoms with Gasteiger partial charge in [-0.1, -0.05) is 0 Å². The number of nitrogens with zero attached hydrogens (tertiary/aromatic N) is 1. The van der Waals surface area contributed by atoms with Crippen LogP contribution in [0.5, 0.6) is 0 Å². The maximum atomic E-state index is 11.4. The predicted molar refractivity (Wildman–Crippen MR) is 59.7 cm³/mol. The Hall–Kier alpha value is -1.36. The second kappa shape index (κ2) is 7.87. The van der Waals surface area contributed by atoms with E-state index in [-0.39, 0.29) is 12.5 Å². The van der Waals surface area contributed by atoms with E-state index in [9.17, 15) is 9.59 Å². The molecule has 0 saturated carbocycles. The van der Waals surface area contributed by atoms with Crippen LogP contribution in [0.1, 0.15) is 20.3 Å². The average molecular weight is 229 g/mol. The zero-order valence-corrected chi connectivity index (χ0v) is 9.97. The smallest absolute Gasteiger partial charge is 0.330 e. The highest BCUT2D eigenvalue weighted by molar-refractivity contribution is 5.94. The minimum Gasteiger partial charge on any atom is -0.463 e. The van der Waals surface area contributed by atoms with E-state index < -0.39 is 12.1 Å². The van der Waals surface area contributed by atoms with Gasteiger partial charge in [-0.3, -0.25) is 4.79 Å². The molecule has 92 valence electrons. The third kappa shape index (κ3) is 7.00. The van der Waals surface area contributed by atoms with Gasteiger partial charge in [0.2, 0.25) is 5.91 Å². The molecule has 0 aromatic heterocycles. The molecule has 0 aliphatic carbocycles. The first-order chi connectivity index (χ1) is 7.47. The number of hydrogen-bond donors (Lipinski definition) is 1. The van der Waals surface area contributed by atoms with Gasteiger partial charge in [-0.25, -0.2) is 4.79 Å². The molecule has 0 aliphatic rings. The van der Waals surface area contributed by atoms with Gasteiger partial charge in [-0.15, -0.1) is 0 Å². The van der Waals surface area contributed by atoms with Gasteiger partial charge in [0, 0.05) is 25.7 Å². The van der Waals surface area contributed by atoms with Gasteiger partial charge in [-0.2, -0.15) is 0 Å². The van der Waals surface area contributed by atoms with E-state index in [1.165, 1.54) is 11.0 Å². The number of aliphatic hydroxyl groups is 1. The second-order valence-corrected chi connectivity index (χ2v) is 3.48. The Balaban J connectivity index is 3.99. The summed E-state index contributed by atoms with van der Waals surface area (Å²) in [6, 6.07) is 0. The number of hydrogen-bond acceptors (Lipinski definition) is 4. The van der Waals surface area contributed by atoms with E-state index in [1.54, 1.807) is 20.9 Å². The third-order valence-electron chi connectivity index (χ3n) is 1.91. The number of carbonyl (C=O) groups excluding carboxylic acids is 2. The largest absolute Gasteiger partial charge is 0.463 e. The summed E-state index contributed by atoms with van der Waals surface area (Å²) in [6.07, 6.45) is 2.34. The second-order valence-electron chi connectivity index (χ2n) is 3.48. The number of likely N-dealkylation sites (N-methyl/N-ethyl adjacent to an activating group) is 1. The van der Waals surface area contributed by atoms with Crippen molar-refractivity contribution >= 4 is 11.9 Å². The Kier molecular flexibility index (Phi) is 7.20. The van der Waals surface area contributed by atoms with Gasteiger partial charge in [0.25, 0.3) is 0 Å². The maximum absolute atomic E-state index is 11.4. The topological polar surface area (TPSA) is 66.8 Å². The van der Waals surface area contributed by atoms with Gasteiger partial charge in [-0.05, 0) is 20.3 Å². The zero-order valence-electron chi connectivity index (χ0n) is 9.97. The molecule has 0 fully saturated rings. The van der Waals surface area contributed by atoms with E-state index in [1.807, 2.05) is 0 Å². The van der Waals surface area contributed by atoms with Crippen molar-refractivity contribution < 1.29 is 19.4 Å². The molecule has 1 amide bonds. The fraction of sp³-hybridized carbons (Fsp3) is 0.636. The molecule has 0 spiro atoms. The van der Waals surface area contributed by atoms with Crippen LogP contribution in [0, 0.1) is 0 Å². The van der Waals surface area contributed by atoms with E-state index in [0.29, 0.717) is 13.0 Å². The summed E-state index contributed by atoms with van der Waals surface area (Å²) in [4.78, 5) is 23.8. The quantitative estimate of drug-likeness (QED) is 0.526. The molecule has 0 bridgehead atoms. The van der Waals surface area contributed by atoms with Crippen molar-refractivity contribution in [3.8, 4) is 0 Å². The zero-order chi connectivity index (χ0) is 12.6. The summed E-state index contributed by atoms with van der Waals surface area (Å²) >= 11 is 0. The van der Waals surface area contributed by atoms with E-state index in [2.05, 4.69) is 4.74 Å². The molecule has 0 aromatic rings. The number of rotatable bonds is 6. The first-order valence-electron chi connectivity index (χ1n) is 5.25. The number of carbonyl (C=O) groups is 2. The Labute approximate surface area is 95.7 Å². The lowest BCUT2D eigenvalue weighted by Gasteiger charge is -2.15. The first-order valence-corrected chi connectivity index (χ1v) is 5.25. The van der Waals surface area contributed by atoms with Crippen LogP contribution in [0.25, 0.3) is 0 Å². The average Bonchev–Trinajstić information content (AvgIpc) is 2.22. The Morgan fingerprint density at radius 1 is 1.44 bits per heavy atom. The van der Waals surface area contributed by atoms with Crippen LogP contribution in [0.4, 0.5) is 0 Å². The molecule has 0 saturated heterocycles. The molecular weight excluding hydrogens is 210 g/mol. The number of aliphatic hydroxyl groups excluding tert-OH is 1. The van der Waals surface area contributed by atoms with Crippen molar-refractivity contribution in [3.63, 3.8) is 0 Å². The van der Waals surface area contributed by atoms with Crippen molar-refractivity contribution in [3.05, 3.63) is 12.2 Å². The number of esters is 1. The van der Waals surface area contributed by atoms with Crippen LogP contribution in [-0.4, -0.2) is 48.2 Å². The molecule has 5 nitrogen and oxygen atoms in total. The molecule has 1 N–H and O–H groups in total. The van der Waals surface area contributed by atoms with Crippen LogP contribution in [0.2, 0.25) is 0 Å². The van der Waals surface area contributed by atoms with Crippen LogP contribution >= 0.6 is 0 Å². The molecule has 0 aromatic carbocycles. The fourth-order valence-corrected chi connectivity index (χ4v) is 0.948. The van der Waals surface area contributed by atoms with Gasteiger partial charge < -0.3 is 14.7 Å². The summed E-state index contributed by atoms with van der Waals surface area (Å²) in [5.41, 5.74) is 0. The summed E-state index contributed by atoms with van der Waals surface area (Å²) in [5.74, 6) is -0.812. The van der Waals surface area contributed by atoms with E-state index in [4.69, 9.17) is 5.11 Å². The van der Waals surface area contributed by atoms with Crippen molar-refractivity contribution in [1.29, 1.82) is 0 Å². The standard InChI is InChI=1S/C11H19NO4/c1-4-16-11(15)6-5-10(14)12(3)8-7-9(2)13/h5-6,9,13H,4,7-8H2,1-3H3/b6-5+. The summed E-state index contributed by atoms with van der Waals surface area (Å²) in [5, 5.41) is 9.04. The molecule has 0 aliphatic heterocycles. The molecule has 1 atom stereocenters. The molecule has 1 unspecified atom stereocenters. The third-order valence-corrected chi connectivity index (χ3v) is 1.91. The van der Waals surface area contributed by atoms with Crippen molar-refractivity contribution in [1.82, 2.24) is 4.90 Å². The molecular formula is C11H19NO4. The Bertz CT molecular complexity index is 261. The highest BCUT2D eigenvalue weighted by Crippen LogP contribution is 1.95. The molecule has 16 heavy (non-hydrogen) atoms. The van der Waals surface area contributed by atoms with Crippen molar-refractivity contribution in [2.24, 2.45) is 0 Å². The minimum atomic E-state index is -0.528. The van der Waals surface area contributed by atoms with Gasteiger partial charge >= 0.3 is 5.97 Å². The van der Waals surface area contributed by atoms with Crippen molar-refractivity contribution in [2.75, 3.05) is 20.2 Å². The predicted octanol–water partition coefficient (Wildman–Crippen LogP) is 0.335. The summed E-state index contributed by atoms with van der Waals surface area (Å²) in [7, 11) is 1.61. The lowest BCUT2D eigenvalue weighted by Crippen LogP contribution is -2.28. The fourth-order valence-electron chi connectivity index (χ4n) is 0.948. The van der Waals surface area contributed by atoms with Gasteiger partial charge in [0.05, 0.1) is 12.7 Å². The summed E-state index contributed by atoms with van der Waals surface area (Å²) in [6.45, 7) is 4.09. The number of amides is 1. The molecule has 0 heterocycles. The molecule has 0 rings (SSSR count). The van der Waals surface area contributed by atoms with E-state index in [0.717, 1.165) is 6.08 Å². The van der Waals surface area contributed by atoms with Gasteiger partial charge in [0.15, 0.2) is 0 Å². The normalized spacial score (nSPS) is 12.5. The van der Waals surface area contributed by atoms with Gasteiger partial charge in [0.1, 0.15) is 0 Å². The van der Waals surface area contributed by atoms with Crippen molar-refractivity contribution in [2.45, 2.75) is 26.4 Å². The molecule has 0 radical (unpaired) electrons. The summed E-state index contributed by atoms with van der Waals surface area (Å²) < 4.78 is 4.63. The maximum Gasteiger partial charge on any atom is 0.330 e. The lowest BCUT2D eigenvalue weighted by atomic mass is 10.3. The van der Waals surface area contributed by atoms with E-state index >= 15 is 0 Å². The Morgan fingerprint density at radius 2 is 2.06 bits per heavy atom.